The average Bonchev–Trinajstić information content (AvgIpc) is 2.44. The zero-order valence-corrected chi connectivity index (χ0v) is 11.6. The molecule has 0 aliphatic heterocycles. The fourth-order valence-corrected chi connectivity index (χ4v) is 1.93. The van der Waals surface area contributed by atoms with Gasteiger partial charge < -0.3 is 5.32 Å². The summed E-state index contributed by atoms with van der Waals surface area (Å²) in [7, 11) is 0. The first-order chi connectivity index (χ1) is 9.95. The fraction of sp³-hybridized carbons (Fsp3) is 0.133. The summed E-state index contributed by atoms with van der Waals surface area (Å²) >= 11 is 5.71. The number of carbonyl (C=O) groups is 1. The van der Waals surface area contributed by atoms with Gasteiger partial charge in [-0.05, 0) is 42.3 Å². The summed E-state index contributed by atoms with van der Waals surface area (Å²) < 4.78 is 39.2. The van der Waals surface area contributed by atoms with Gasteiger partial charge in [-0.2, -0.15) is 0 Å². The van der Waals surface area contributed by atoms with Gasteiger partial charge in [0.15, 0.2) is 11.6 Å². The third-order valence-corrected chi connectivity index (χ3v) is 3.06. The van der Waals surface area contributed by atoms with Gasteiger partial charge >= 0.3 is 0 Å². The van der Waals surface area contributed by atoms with Crippen LogP contribution < -0.4 is 5.32 Å². The number of halogens is 4. The standard InChI is InChI=1S/C15H11ClF3NO/c16-10-3-5-12(18)14(8-10)20-15(21)6-2-9-1-4-11(17)13(19)7-9/h1,3-5,7-8H,2,6H2,(H,20,21). The van der Waals surface area contributed by atoms with Crippen LogP contribution >= 0.6 is 11.6 Å². The van der Waals surface area contributed by atoms with E-state index in [4.69, 9.17) is 11.6 Å². The minimum Gasteiger partial charge on any atom is -0.324 e. The van der Waals surface area contributed by atoms with E-state index >= 15 is 0 Å². The molecule has 1 N–H and O–H groups in total. The Kier molecular flexibility index (Phi) is 4.85. The van der Waals surface area contributed by atoms with Crippen LogP contribution in [0, 0.1) is 17.5 Å². The third kappa shape index (κ3) is 4.23. The number of benzene rings is 2. The second-order valence-electron chi connectivity index (χ2n) is 4.42. The summed E-state index contributed by atoms with van der Waals surface area (Å²) in [6.07, 6.45) is 0.224. The van der Waals surface area contributed by atoms with E-state index in [0.717, 1.165) is 18.2 Å². The Labute approximate surface area is 124 Å². The maximum absolute atomic E-state index is 13.4. The van der Waals surface area contributed by atoms with Crippen LogP contribution in [0.4, 0.5) is 18.9 Å². The lowest BCUT2D eigenvalue weighted by molar-refractivity contribution is -0.116. The predicted molar refractivity (Wildman–Crippen MR) is 74.7 cm³/mol. The third-order valence-electron chi connectivity index (χ3n) is 2.83. The SMILES string of the molecule is O=C(CCc1ccc(F)c(F)c1)Nc1cc(Cl)ccc1F. The van der Waals surface area contributed by atoms with E-state index in [2.05, 4.69) is 5.32 Å². The fourth-order valence-electron chi connectivity index (χ4n) is 1.76. The number of nitrogens with one attached hydrogen (secondary N) is 1. The van der Waals surface area contributed by atoms with Crippen LogP contribution in [-0.2, 0) is 11.2 Å². The number of hydrogen-bond donors (Lipinski definition) is 1. The van der Waals surface area contributed by atoms with E-state index in [9.17, 15) is 18.0 Å². The van der Waals surface area contributed by atoms with Crippen LogP contribution in [0.15, 0.2) is 36.4 Å². The Balaban J connectivity index is 1.95. The zero-order chi connectivity index (χ0) is 15.4. The molecule has 0 aliphatic rings. The van der Waals surface area contributed by atoms with Crippen molar-refractivity contribution in [3.8, 4) is 0 Å². The van der Waals surface area contributed by atoms with E-state index < -0.39 is 23.4 Å². The van der Waals surface area contributed by atoms with E-state index in [1.54, 1.807) is 0 Å². The lowest BCUT2D eigenvalue weighted by Gasteiger charge is -2.07. The molecule has 0 saturated carbocycles. The van der Waals surface area contributed by atoms with Gasteiger partial charge in [0.1, 0.15) is 5.82 Å². The molecule has 0 atom stereocenters. The molecule has 0 saturated heterocycles. The first-order valence-electron chi connectivity index (χ1n) is 6.14. The molecule has 110 valence electrons. The number of carbonyl (C=O) groups excluding carboxylic acids is 1. The first kappa shape index (κ1) is 15.4. The van der Waals surface area contributed by atoms with E-state index in [-0.39, 0.29) is 18.5 Å². The average molecular weight is 314 g/mol. The monoisotopic (exact) mass is 313 g/mol. The normalized spacial score (nSPS) is 10.5. The van der Waals surface area contributed by atoms with Crippen molar-refractivity contribution in [2.45, 2.75) is 12.8 Å². The number of aryl methyl sites for hydroxylation is 1. The van der Waals surface area contributed by atoms with Crippen molar-refractivity contribution in [3.05, 3.63) is 64.4 Å². The molecule has 1 amide bonds. The zero-order valence-electron chi connectivity index (χ0n) is 10.8. The highest BCUT2D eigenvalue weighted by Crippen LogP contribution is 2.20. The molecule has 0 heterocycles. The van der Waals surface area contributed by atoms with E-state index in [1.165, 1.54) is 18.2 Å². The van der Waals surface area contributed by atoms with Gasteiger partial charge in [0.25, 0.3) is 0 Å². The van der Waals surface area contributed by atoms with Gasteiger partial charge in [-0.1, -0.05) is 17.7 Å². The molecular formula is C15H11ClF3NO. The lowest BCUT2D eigenvalue weighted by Crippen LogP contribution is -2.13. The summed E-state index contributed by atoms with van der Waals surface area (Å²) in [5.41, 5.74) is 0.466. The molecule has 21 heavy (non-hydrogen) atoms. The molecule has 2 rings (SSSR count). The molecule has 0 unspecified atom stereocenters. The van der Waals surface area contributed by atoms with Gasteiger partial charge in [0, 0.05) is 11.4 Å². The lowest BCUT2D eigenvalue weighted by atomic mass is 10.1. The minimum absolute atomic E-state index is 0.0109. The van der Waals surface area contributed by atoms with Crippen LogP contribution in [0.25, 0.3) is 0 Å². The Bertz CT molecular complexity index is 676. The van der Waals surface area contributed by atoms with Crippen molar-refractivity contribution in [2.75, 3.05) is 5.32 Å². The second kappa shape index (κ2) is 6.63. The molecule has 2 aromatic rings. The van der Waals surface area contributed by atoms with Gasteiger partial charge in [-0.3, -0.25) is 4.79 Å². The molecular weight excluding hydrogens is 303 g/mol. The van der Waals surface area contributed by atoms with Crippen molar-refractivity contribution in [3.63, 3.8) is 0 Å². The Morgan fingerprint density at radius 2 is 1.71 bits per heavy atom. The largest absolute Gasteiger partial charge is 0.324 e. The first-order valence-corrected chi connectivity index (χ1v) is 6.52. The van der Waals surface area contributed by atoms with Crippen LogP contribution in [0.3, 0.4) is 0 Å². The number of hydrogen-bond acceptors (Lipinski definition) is 1. The van der Waals surface area contributed by atoms with Crippen molar-refractivity contribution in [1.82, 2.24) is 0 Å². The number of amides is 1. The summed E-state index contributed by atoms with van der Waals surface area (Å²) in [6.45, 7) is 0. The number of rotatable bonds is 4. The van der Waals surface area contributed by atoms with Gasteiger partial charge in [-0.15, -0.1) is 0 Å². The van der Waals surface area contributed by atoms with Crippen molar-refractivity contribution in [2.24, 2.45) is 0 Å². The molecule has 6 heteroatoms. The van der Waals surface area contributed by atoms with Crippen molar-refractivity contribution < 1.29 is 18.0 Å². The van der Waals surface area contributed by atoms with Gasteiger partial charge in [-0.25, -0.2) is 13.2 Å². The van der Waals surface area contributed by atoms with Crippen LogP contribution in [0.5, 0.6) is 0 Å². The molecule has 0 aliphatic carbocycles. The quantitative estimate of drug-likeness (QED) is 0.894. The Morgan fingerprint density at radius 1 is 1.00 bits per heavy atom. The molecule has 2 nitrogen and oxygen atoms in total. The van der Waals surface area contributed by atoms with Crippen molar-refractivity contribution in [1.29, 1.82) is 0 Å². The highest BCUT2D eigenvalue weighted by molar-refractivity contribution is 6.30. The topological polar surface area (TPSA) is 29.1 Å². The van der Waals surface area contributed by atoms with E-state index in [0.29, 0.717) is 10.6 Å². The molecule has 0 bridgehead atoms. The van der Waals surface area contributed by atoms with Gasteiger partial charge in [0.2, 0.25) is 5.91 Å². The molecule has 0 aromatic heterocycles. The number of anilines is 1. The van der Waals surface area contributed by atoms with Crippen LogP contribution in [0.2, 0.25) is 5.02 Å². The molecule has 0 radical (unpaired) electrons. The maximum Gasteiger partial charge on any atom is 0.224 e. The predicted octanol–water partition coefficient (Wildman–Crippen LogP) is 4.33. The summed E-state index contributed by atoms with van der Waals surface area (Å²) in [4.78, 5) is 11.7. The summed E-state index contributed by atoms with van der Waals surface area (Å²) in [6, 6.07) is 7.24. The van der Waals surface area contributed by atoms with Crippen LogP contribution in [0.1, 0.15) is 12.0 Å². The van der Waals surface area contributed by atoms with E-state index in [1.807, 2.05) is 0 Å². The smallest absolute Gasteiger partial charge is 0.224 e. The Morgan fingerprint density at radius 3 is 2.43 bits per heavy atom. The summed E-state index contributed by atoms with van der Waals surface area (Å²) in [5.74, 6) is -2.94. The van der Waals surface area contributed by atoms with Gasteiger partial charge in [0.05, 0.1) is 5.69 Å². The summed E-state index contributed by atoms with van der Waals surface area (Å²) in [5, 5.41) is 2.68. The van der Waals surface area contributed by atoms with Crippen LogP contribution in [-0.4, -0.2) is 5.91 Å². The molecule has 0 fully saturated rings. The molecule has 2 aromatic carbocycles. The highest BCUT2D eigenvalue weighted by Gasteiger charge is 2.09. The van der Waals surface area contributed by atoms with Crippen molar-refractivity contribution >= 4 is 23.2 Å². The Hall–Kier alpha value is -2.01. The highest BCUT2D eigenvalue weighted by atomic mass is 35.5. The second-order valence-corrected chi connectivity index (χ2v) is 4.86. The molecule has 0 spiro atoms. The minimum atomic E-state index is -0.964. The maximum atomic E-state index is 13.4.